The second-order valence-corrected chi connectivity index (χ2v) is 8.18. The van der Waals surface area contributed by atoms with Gasteiger partial charge >= 0.3 is 6.18 Å². The average molecular weight is 503 g/mol. The summed E-state index contributed by atoms with van der Waals surface area (Å²) in [7, 11) is 0. The van der Waals surface area contributed by atoms with Crippen molar-refractivity contribution in [2.75, 3.05) is 11.9 Å². The number of anilines is 1. The molecule has 4 aromatic rings. The number of hydrogen-bond donors (Lipinski definition) is 1. The third kappa shape index (κ3) is 5.32. The molecule has 0 aliphatic carbocycles. The van der Waals surface area contributed by atoms with Crippen LogP contribution < -0.4 is 10.1 Å². The lowest BCUT2D eigenvalue weighted by Crippen LogP contribution is -2.14. The number of Topliss-reactive ketones (excluding diaryl/α,β-unsaturated/α-hetero) is 1. The van der Waals surface area contributed by atoms with Crippen molar-refractivity contribution in [1.29, 1.82) is 0 Å². The number of rotatable bonds is 8. The van der Waals surface area contributed by atoms with Crippen molar-refractivity contribution >= 4 is 22.5 Å². The van der Waals surface area contributed by atoms with Gasteiger partial charge in [0.05, 0.1) is 17.6 Å². The molecule has 0 atom stereocenters. The second kappa shape index (κ2) is 9.96. The largest absolute Gasteiger partial charge is 0.454 e. The van der Waals surface area contributed by atoms with Crippen molar-refractivity contribution in [3.8, 4) is 17.2 Å². The number of alkyl halides is 3. The number of nitrogens with zero attached hydrogens (tertiary/aromatic N) is 2. The maximum Gasteiger partial charge on any atom is 0.390 e. The van der Waals surface area contributed by atoms with E-state index in [2.05, 4.69) is 10.3 Å². The molecule has 1 aromatic heterocycles. The number of imidazole rings is 1. The van der Waals surface area contributed by atoms with E-state index in [9.17, 15) is 26.7 Å². The van der Waals surface area contributed by atoms with E-state index in [-0.39, 0.29) is 23.0 Å². The summed E-state index contributed by atoms with van der Waals surface area (Å²) in [5, 5.41) is 2.72. The van der Waals surface area contributed by atoms with Crippen molar-refractivity contribution in [3.05, 3.63) is 77.6 Å². The molecule has 0 bridgehead atoms. The molecule has 1 heterocycles. The summed E-state index contributed by atoms with van der Waals surface area (Å²) in [4.78, 5) is 16.5. The normalized spacial score (nSPS) is 11.6. The summed E-state index contributed by atoms with van der Waals surface area (Å²) in [6.45, 7) is 3.16. The first-order valence-electron chi connectivity index (χ1n) is 11.1. The van der Waals surface area contributed by atoms with Gasteiger partial charge in [-0.1, -0.05) is 13.0 Å². The number of nitrogens with one attached hydrogen (secondary N) is 1. The Balaban J connectivity index is 1.79. The maximum absolute atomic E-state index is 14.2. The first-order chi connectivity index (χ1) is 17.1. The lowest BCUT2D eigenvalue weighted by atomic mass is 10.0. The predicted octanol–water partition coefficient (Wildman–Crippen LogP) is 7.36. The summed E-state index contributed by atoms with van der Waals surface area (Å²) in [5.41, 5.74) is 3.03. The van der Waals surface area contributed by atoms with E-state index in [0.29, 0.717) is 28.7 Å². The maximum atomic E-state index is 14.2. The summed E-state index contributed by atoms with van der Waals surface area (Å²) in [6, 6.07) is 11.6. The van der Waals surface area contributed by atoms with Crippen LogP contribution in [0, 0.1) is 18.6 Å². The van der Waals surface area contributed by atoms with Gasteiger partial charge in [-0.2, -0.15) is 17.6 Å². The minimum atomic E-state index is -4.36. The zero-order chi connectivity index (χ0) is 26.0. The van der Waals surface area contributed by atoms with Gasteiger partial charge in [-0.05, 0) is 42.8 Å². The fourth-order valence-electron chi connectivity index (χ4n) is 3.82. The summed E-state index contributed by atoms with van der Waals surface area (Å²) in [5.74, 6) is -2.60. The van der Waals surface area contributed by atoms with Crippen LogP contribution in [0.3, 0.4) is 0 Å². The smallest absolute Gasteiger partial charge is 0.390 e. The van der Waals surface area contributed by atoms with Gasteiger partial charge in [-0.3, -0.25) is 9.36 Å². The Hall–Kier alpha value is -3.95. The molecule has 188 valence electrons. The molecular formula is C26H22F5N3O2. The van der Waals surface area contributed by atoms with Crippen molar-refractivity contribution in [2.24, 2.45) is 0 Å². The monoisotopic (exact) mass is 503 g/mol. The number of halogens is 5. The Morgan fingerprint density at radius 2 is 1.89 bits per heavy atom. The first-order valence-corrected chi connectivity index (χ1v) is 11.1. The van der Waals surface area contributed by atoms with E-state index in [1.807, 2.05) is 0 Å². The quantitative estimate of drug-likeness (QED) is 0.202. The molecule has 0 spiro atoms. The summed E-state index contributed by atoms with van der Waals surface area (Å²) >= 11 is 0. The molecule has 0 amide bonds. The lowest BCUT2D eigenvalue weighted by molar-refractivity contribution is -0.131. The van der Waals surface area contributed by atoms with Gasteiger partial charge in [-0.15, -0.1) is 0 Å². The molecular weight excluding hydrogens is 481 g/mol. The van der Waals surface area contributed by atoms with Crippen LogP contribution >= 0.6 is 0 Å². The van der Waals surface area contributed by atoms with E-state index in [4.69, 9.17) is 4.74 Å². The average Bonchev–Trinajstić information content (AvgIpc) is 3.25. The Morgan fingerprint density at radius 1 is 1.11 bits per heavy atom. The van der Waals surface area contributed by atoms with E-state index < -0.39 is 30.8 Å². The molecule has 0 saturated heterocycles. The zero-order valence-electron chi connectivity index (χ0n) is 19.4. The van der Waals surface area contributed by atoms with Gasteiger partial charge in [0.15, 0.2) is 17.3 Å². The fraction of sp³-hybridized carbons (Fsp3) is 0.231. The number of carbonyl (C=O) groups excluding carboxylic acids is 1. The van der Waals surface area contributed by atoms with Gasteiger partial charge in [-0.25, -0.2) is 9.37 Å². The van der Waals surface area contributed by atoms with Crippen molar-refractivity contribution in [3.63, 3.8) is 0 Å². The third-order valence-electron chi connectivity index (χ3n) is 5.60. The number of ether oxygens (including phenoxy) is 1. The molecule has 0 fully saturated rings. The highest BCUT2D eigenvalue weighted by Gasteiger charge is 2.26. The predicted molar refractivity (Wildman–Crippen MR) is 126 cm³/mol. The SMILES string of the molecule is CCC(=O)c1ccc(-n2cnc3c(NCCC(F)(F)F)cc(Oc4cccc(F)c4F)cc32)cc1C. The Bertz CT molecular complexity index is 1430. The Kier molecular flexibility index (Phi) is 6.96. The second-order valence-electron chi connectivity index (χ2n) is 8.18. The molecule has 1 N–H and O–H groups in total. The molecule has 0 aliphatic rings. The molecule has 4 rings (SSSR count). The third-order valence-corrected chi connectivity index (χ3v) is 5.60. The highest BCUT2D eigenvalue weighted by molar-refractivity contribution is 5.97. The number of benzene rings is 3. The molecule has 0 aliphatic heterocycles. The van der Waals surface area contributed by atoms with Gasteiger partial charge in [0.25, 0.3) is 0 Å². The molecule has 36 heavy (non-hydrogen) atoms. The van der Waals surface area contributed by atoms with Crippen molar-refractivity contribution in [1.82, 2.24) is 9.55 Å². The van der Waals surface area contributed by atoms with Gasteiger partial charge in [0.1, 0.15) is 17.6 Å². The highest BCUT2D eigenvalue weighted by atomic mass is 19.4. The zero-order valence-corrected chi connectivity index (χ0v) is 19.4. The molecule has 5 nitrogen and oxygen atoms in total. The molecule has 10 heteroatoms. The van der Waals surface area contributed by atoms with Gasteiger partial charge in [0.2, 0.25) is 5.82 Å². The van der Waals surface area contributed by atoms with Crippen LogP contribution in [0.4, 0.5) is 27.6 Å². The van der Waals surface area contributed by atoms with E-state index >= 15 is 0 Å². The minimum Gasteiger partial charge on any atom is -0.454 e. The molecule has 0 unspecified atom stereocenters. The van der Waals surface area contributed by atoms with Crippen LogP contribution in [0.5, 0.6) is 11.5 Å². The van der Waals surface area contributed by atoms with Crippen LogP contribution in [0.2, 0.25) is 0 Å². The van der Waals surface area contributed by atoms with Crippen LogP contribution in [0.15, 0.2) is 54.9 Å². The molecule has 3 aromatic carbocycles. The topological polar surface area (TPSA) is 56.2 Å². The Morgan fingerprint density at radius 3 is 2.58 bits per heavy atom. The van der Waals surface area contributed by atoms with Crippen LogP contribution in [0.1, 0.15) is 35.7 Å². The van der Waals surface area contributed by atoms with E-state index in [1.165, 1.54) is 30.6 Å². The number of aromatic nitrogens is 2. The van der Waals surface area contributed by atoms with Gasteiger partial charge < -0.3 is 10.1 Å². The van der Waals surface area contributed by atoms with Crippen LogP contribution in [0.25, 0.3) is 16.7 Å². The van der Waals surface area contributed by atoms with Crippen molar-refractivity contribution < 1.29 is 31.5 Å². The number of hydrogen-bond acceptors (Lipinski definition) is 4. The van der Waals surface area contributed by atoms with Gasteiger partial charge in [0, 0.05) is 36.3 Å². The first kappa shape index (κ1) is 25.2. The van der Waals surface area contributed by atoms with Crippen LogP contribution in [-0.4, -0.2) is 28.1 Å². The minimum absolute atomic E-state index is 0.00139. The van der Waals surface area contributed by atoms with E-state index in [1.54, 1.807) is 36.6 Å². The number of aryl methyl sites for hydroxylation is 1. The van der Waals surface area contributed by atoms with Crippen LogP contribution in [-0.2, 0) is 0 Å². The molecule has 0 saturated carbocycles. The summed E-state index contributed by atoms with van der Waals surface area (Å²) < 4.78 is 73.3. The Labute approximate surface area is 203 Å². The standard InChI is InChI=1S/C26H22F5N3O2/c1-3-22(35)18-8-7-16(11-15(18)2)34-14-33-25-20(32-10-9-26(29,30)31)12-17(13-21(25)34)36-23-6-4-5-19(27)24(23)28/h4-8,11-14,32H,3,9-10H2,1-2H3. The van der Waals surface area contributed by atoms with E-state index in [0.717, 1.165) is 11.6 Å². The highest BCUT2D eigenvalue weighted by Crippen LogP contribution is 2.34. The summed E-state index contributed by atoms with van der Waals surface area (Å²) in [6.07, 6.45) is -3.59. The fourth-order valence-corrected chi connectivity index (χ4v) is 3.82. The lowest BCUT2D eigenvalue weighted by Gasteiger charge is -2.14. The van der Waals surface area contributed by atoms with Crippen molar-refractivity contribution in [2.45, 2.75) is 32.9 Å². The number of ketones is 1. The number of fused-ring (bicyclic) bond motifs is 1. The number of carbonyl (C=O) groups is 1. The molecule has 0 radical (unpaired) electrons.